The lowest BCUT2D eigenvalue weighted by Crippen LogP contribution is -2.28. The van der Waals surface area contributed by atoms with E-state index < -0.39 is 0 Å². The normalized spacial score (nSPS) is 23.4. The van der Waals surface area contributed by atoms with E-state index >= 15 is 0 Å². The van der Waals surface area contributed by atoms with Crippen molar-refractivity contribution < 1.29 is 0 Å². The van der Waals surface area contributed by atoms with E-state index in [4.69, 9.17) is 4.98 Å². The van der Waals surface area contributed by atoms with Crippen molar-refractivity contribution in [1.82, 2.24) is 9.97 Å². The molecule has 0 spiro atoms. The number of hydrogen-bond acceptors (Lipinski definition) is 4. The maximum Gasteiger partial charge on any atom is 0.134 e. The van der Waals surface area contributed by atoms with Gasteiger partial charge in [-0.2, -0.15) is 0 Å². The summed E-state index contributed by atoms with van der Waals surface area (Å²) in [6, 6.07) is 2.64. The Morgan fingerprint density at radius 1 is 1.39 bits per heavy atom. The van der Waals surface area contributed by atoms with Crippen LogP contribution in [0.25, 0.3) is 0 Å². The van der Waals surface area contributed by atoms with Gasteiger partial charge in [-0.15, -0.1) is 0 Å². The molecule has 0 aromatic carbocycles. The predicted molar refractivity (Wildman–Crippen MR) is 76.2 cm³/mol. The molecule has 4 nitrogen and oxygen atoms in total. The van der Waals surface area contributed by atoms with Crippen molar-refractivity contribution >= 4 is 11.6 Å². The molecule has 1 saturated heterocycles. The highest BCUT2D eigenvalue weighted by molar-refractivity contribution is 5.50. The minimum atomic E-state index is 0.578. The minimum Gasteiger partial charge on any atom is -0.373 e. The molecule has 2 rings (SSSR count). The number of anilines is 2. The summed E-state index contributed by atoms with van der Waals surface area (Å²) >= 11 is 0. The first-order valence-corrected chi connectivity index (χ1v) is 6.96. The van der Waals surface area contributed by atoms with Crippen molar-refractivity contribution in [3.63, 3.8) is 0 Å². The van der Waals surface area contributed by atoms with E-state index in [1.807, 2.05) is 7.05 Å². The summed E-state index contributed by atoms with van der Waals surface area (Å²) in [4.78, 5) is 11.6. The highest BCUT2D eigenvalue weighted by Gasteiger charge is 2.27. The van der Waals surface area contributed by atoms with Crippen LogP contribution < -0.4 is 10.2 Å². The quantitative estimate of drug-likeness (QED) is 0.889. The molecule has 1 N–H and O–H groups in total. The molecule has 2 unspecified atom stereocenters. The molecule has 1 aliphatic rings. The van der Waals surface area contributed by atoms with Crippen LogP contribution in [0.5, 0.6) is 0 Å². The van der Waals surface area contributed by atoms with Crippen molar-refractivity contribution in [2.75, 3.05) is 23.8 Å². The van der Waals surface area contributed by atoms with Crippen LogP contribution in [0.2, 0.25) is 0 Å². The third-order valence-corrected chi connectivity index (χ3v) is 3.57. The fourth-order valence-electron chi connectivity index (χ4n) is 2.71. The summed E-state index contributed by atoms with van der Waals surface area (Å²) in [5, 5.41) is 3.14. The third-order valence-electron chi connectivity index (χ3n) is 3.57. The first kappa shape index (κ1) is 13.1. The van der Waals surface area contributed by atoms with Gasteiger partial charge in [-0.25, -0.2) is 9.97 Å². The Kier molecular flexibility index (Phi) is 4.04. The van der Waals surface area contributed by atoms with Crippen LogP contribution in [0.3, 0.4) is 0 Å². The number of hydrogen-bond donors (Lipinski definition) is 1. The minimum absolute atomic E-state index is 0.578. The number of aryl methyl sites for hydroxylation is 1. The first-order valence-electron chi connectivity index (χ1n) is 6.96. The van der Waals surface area contributed by atoms with Crippen LogP contribution >= 0.6 is 0 Å². The van der Waals surface area contributed by atoms with E-state index in [0.717, 1.165) is 42.8 Å². The van der Waals surface area contributed by atoms with Crippen LogP contribution in [-0.2, 0) is 6.42 Å². The summed E-state index contributed by atoms with van der Waals surface area (Å²) in [5.74, 6) is 3.71. The van der Waals surface area contributed by atoms with Gasteiger partial charge in [0.25, 0.3) is 0 Å². The van der Waals surface area contributed by atoms with Crippen LogP contribution in [0.4, 0.5) is 11.6 Å². The molecule has 0 amide bonds. The molecule has 18 heavy (non-hydrogen) atoms. The SMILES string of the molecule is CCCc1nc(NC)cc(N2CC(C)CC2C)n1. The zero-order chi connectivity index (χ0) is 13.1. The van der Waals surface area contributed by atoms with Crippen molar-refractivity contribution in [3.05, 3.63) is 11.9 Å². The molecule has 100 valence electrons. The molecule has 4 heteroatoms. The lowest BCUT2D eigenvalue weighted by Gasteiger charge is -2.23. The van der Waals surface area contributed by atoms with Gasteiger partial charge >= 0.3 is 0 Å². The summed E-state index contributed by atoms with van der Waals surface area (Å²) < 4.78 is 0. The monoisotopic (exact) mass is 248 g/mol. The topological polar surface area (TPSA) is 41.1 Å². The third kappa shape index (κ3) is 2.74. The number of nitrogens with zero attached hydrogens (tertiary/aromatic N) is 3. The van der Waals surface area contributed by atoms with Crippen LogP contribution in [0.15, 0.2) is 6.07 Å². The molecule has 1 aromatic rings. The van der Waals surface area contributed by atoms with Crippen molar-refractivity contribution in [1.29, 1.82) is 0 Å². The van der Waals surface area contributed by atoms with Gasteiger partial charge in [-0.3, -0.25) is 0 Å². The Morgan fingerprint density at radius 2 is 2.17 bits per heavy atom. The predicted octanol–water partition coefficient (Wildman–Crippen LogP) is 2.71. The van der Waals surface area contributed by atoms with Crippen molar-refractivity contribution in [2.24, 2.45) is 5.92 Å². The summed E-state index contributed by atoms with van der Waals surface area (Å²) in [7, 11) is 1.91. The zero-order valence-electron chi connectivity index (χ0n) is 11.9. The van der Waals surface area contributed by atoms with Gasteiger partial charge in [0.15, 0.2) is 0 Å². The van der Waals surface area contributed by atoms with Gasteiger partial charge in [0.2, 0.25) is 0 Å². The molecule has 1 aliphatic heterocycles. The molecule has 0 radical (unpaired) electrons. The van der Waals surface area contributed by atoms with Crippen LogP contribution in [0.1, 0.15) is 39.4 Å². The fourth-order valence-corrected chi connectivity index (χ4v) is 2.71. The molecule has 0 aliphatic carbocycles. The van der Waals surface area contributed by atoms with E-state index in [9.17, 15) is 0 Å². The van der Waals surface area contributed by atoms with E-state index in [1.165, 1.54) is 6.42 Å². The van der Waals surface area contributed by atoms with E-state index in [1.54, 1.807) is 0 Å². The first-order chi connectivity index (χ1) is 8.63. The second-order valence-corrected chi connectivity index (χ2v) is 5.37. The van der Waals surface area contributed by atoms with E-state index in [-0.39, 0.29) is 0 Å². The van der Waals surface area contributed by atoms with Crippen molar-refractivity contribution in [3.8, 4) is 0 Å². The van der Waals surface area contributed by atoms with Crippen LogP contribution in [-0.4, -0.2) is 29.6 Å². The second-order valence-electron chi connectivity index (χ2n) is 5.37. The highest BCUT2D eigenvalue weighted by Crippen LogP contribution is 2.28. The Labute approximate surface area is 110 Å². The highest BCUT2D eigenvalue weighted by atomic mass is 15.2. The van der Waals surface area contributed by atoms with Gasteiger partial charge in [-0.1, -0.05) is 13.8 Å². The average molecular weight is 248 g/mol. The van der Waals surface area contributed by atoms with Gasteiger partial charge < -0.3 is 10.2 Å². The molecule has 1 fully saturated rings. The Hall–Kier alpha value is -1.32. The summed E-state index contributed by atoms with van der Waals surface area (Å²) in [6.07, 6.45) is 3.28. The molecular formula is C14H24N4. The average Bonchev–Trinajstić information content (AvgIpc) is 2.68. The maximum atomic E-state index is 4.71. The zero-order valence-corrected chi connectivity index (χ0v) is 11.9. The molecule has 2 heterocycles. The largest absolute Gasteiger partial charge is 0.373 e. The number of rotatable bonds is 4. The lowest BCUT2D eigenvalue weighted by molar-refractivity contribution is 0.625. The molecular weight excluding hydrogens is 224 g/mol. The van der Waals surface area contributed by atoms with Gasteiger partial charge in [0.05, 0.1) is 0 Å². The molecule has 2 atom stereocenters. The Bertz CT molecular complexity index is 405. The van der Waals surface area contributed by atoms with E-state index in [0.29, 0.717) is 6.04 Å². The Balaban J connectivity index is 2.28. The van der Waals surface area contributed by atoms with Crippen LogP contribution in [0, 0.1) is 5.92 Å². The fraction of sp³-hybridized carbons (Fsp3) is 0.714. The number of nitrogens with one attached hydrogen (secondary N) is 1. The smallest absolute Gasteiger partial charge is 0.134 e. The molecule has 0 bridgehead atoms. The summed E-state index contributed by atoms with van der Waals surface area (Å²) in [6.45, 7) is 7.86. The number of aromatic nitrogens is 2. The second kappa shape index (κ2) is 5.55. The molecule has 0 saturated carbocycles. The van der Waals surface area contributed by atoms with E-state index in [2.05, 4.69) is 42.0 Å². The lowest BCUT2D eigenvalue weighted by atomic mass is 10.1. The van der Waals surface area contributed by atoms with Gasteiger partial charge in [-0.05, 0) is 25.7 Å². The van der Waals surface area contributed by atoms with Gasteiger partial charge in [0, 0.05) is 32.1 Å². The summed E-state index contributed by atoms with van der Waals surface area (Å²) in [5.41, 5.74) is 0. The van der Waals surface area contributed by atoms with Crippen molar-refractivity contribution in [2.45, 2.75) is 46.1 Å². The Morgan fingerprint density at radius 3 is 2.72 bits per heavy atom. The maximum absolute atomic E-state index is 4.71. The van der Waals surface area contributed by atoms with Gasteiger partial charge in [0.1, 0.15) is 17.5 Å². The molecule has 1 aromatic heterocycles. The standard InChI is InChI=1S/C14H24N4/c1-5-6-12-16-13(15-4)8-14(17-12)18-9-10(2)7-11(18)3/h8,10-11H,5-7,9H2,1-4H3,(H,15,16,17).